The Labute approximate surface area is 186 Å². The van der Waals surface area contributed by atoms with Crippen molar-refractivity contribution in [1.82, 2.24) is 25.5 Å². The quantitative estimate of drug-likeness (QED) is 0.544. The van der Waals surface area contributed by atoms with Crippen LogP contribution in [0.1, 0.15) is 51.9 Å². The van der Waals surface area contributed by atoms with Crippen molar-refractivity contribution in [2.24, 2.45) is 0 Å². The third kappa shape index (κ3) is 5.15. The summed E-state index contributed by atoms with van der Waals surface area (Å²) in [5.41, 5.74) is 7.51. The number of furan rings is 1. The predicted molar refractivity (Wildman–Crippen MR) is 118 cm³/mol. The molecule has 3 rings (SSSR count). The van der Waals surface area contributed by atoms with Crippen LogP contribution in [0.25, 0.3) is 5.69 Å². The van der Waals surface area contributed by atoms with Crippen molar-refractivity contribution >= 4 is 23.4 Å². The van der Waals surface area contributed by atoms with Crippen molar-refractivity contribution in [3.05, 3.63) is 69.9 Å². The van der Waals surface area contributed by atoms with Crippen LogP contribution >= 0.6 is 11.6 Å². The van der Waals surface area contributed by atoms with Gasteiger partial charge in [0.25, 0.3) is 5.91 Å². The number of aromatic nitrogens is 2. The van der Waals surface area contributed by atoms with Gasteiger partial charge in [0.2, 0.25) is 0 Å². The van der Waals surface area contributed by atoms with Crippen molar-refractivity contribution < 1.29 is 14.0 Å². The Morgan fingerprint density at radius 2 is 1.68 bits per heavy atom. The van der Waals surface area contributed by atoms with Crippen LogP contribution in [-0.4, -0.2) is 39.6 Å². The Morgan fingerprint density at radius 1 is 1.03 bits per heavy atom. The maximum absolute atomic E-state index is 12.4. The molecule has 0 radical (unpaired) electrons. The summed E-state index contributed by atoms with van der Waals surface area (Å²) in [5.74, 6) is -0.131. The fourth-order valence-corrected chi connectivity index (χ4v) is 3.25. The fourth-order valence-electron chi connectivity index (χ4n) is 3.13. The zero-order valence-electron chi connectivity index (χ0n) is 18.0. The highest BCUT2D eigenvalue weighted by atomic mass is 35.5. The van der Waals surface area contributed by atoms with Crippen molar-refractivity contribution in [1.29, 1.82) is 0 Å². The van der Waals surface area contributed by atoms with Crippen LogP contribution in [0.15, 0.2) is 40.8 Å². The van der Waals surface area contributed by atoms with Gasteiger partial charge in [-0.05, 0) is 63.3 Å². The van der Waals surface area contributed by atoms with E-state index in [9.17, 15) is 9.59 Å². The molecule has 0 unspecified atom stereocenters. The number of hydrazine groups is 1. The molecule has 0 aliphatic heterocycles. The zero-order valence-corrected chi connectivity index (χ0v) is 18.8. The van der Waals surface area contributed by atoms with Gasteiger partial charge in [-0.3, -0.25) is 25.3 Å². The van der Waals surface area contributed by atoms with Crippen molar-refractivity contribution in [2.75, 3.05) is 13.1 Å². The Balaban J connectivity index is 1.59. The van der Waals surface area contributed by atoms with Gasteiger partial charge in [-0.1, -0.05) is 25.4 Å². The van der Waals surface area contributed by atoms with Crippen molar-refractivity contribution in [2.45, 2.75) is 34.2 Å². The molecule has 1 aromatic carbocycles. The van der Waals surface area contributed by atoms with E-state index in [-0.39, 0.29) is 5.76 Å². The summed E-state index contributed by atoms with van der Waals surface area (Å²) in [6.45, 7) is 10.2. The van der Waals surface area contributed by atoms with E-state index in [0.717, 1.165) is 30.2 Å². The Morgan fingerprint density at radius 3 is 2.26 bits per heavy atom. The topological polar surface area (TPSA) is 92.4 Å². The van der Waals surface area contributed by atoms with Gasteiger partial charge in [-0.2, -0.15) is 5.10 Å². The normalized spacial score (nSPS) is 11.0. The molecule has 164 valence electrons. The van der Waals surface area contributed by atoms with E-state index in [1.807, 2.05) is 13.8 Å². The Hall–Kier alpha value is -3.10. The van der Waals surface area contributed by atoms with E-state index in [4.69, 9.17) is 16.0 Å². The molecule has 0 atom stereocenters. The van der Waals surface area contributed by atoms with E-state index >= 15 is 0 Å². The first-order valence-electron chi connectivity index (χ1n) is 10.1. The van der Waals surface area contributed by atoms with Gasteiger partial charge in [0.05, 0.1) is 28.6 Å². The van der Waals surface area contributed by atoms with Gasteiger partial charge < -0.3 is 4.42 Å². The van der Waals surface area contributed by atoms with Gasteiger partial charge in [0.1, 0.15) is 5.76 Å². The second kappa shape index (κ2) is 9.80. The molecule has 0 aliphatic rings. The van der Waals surface area contributed by atoms with Gasteiger partial charge in [0, 0.05) is 5.56 Å². The highest BCUT2D eigenvalue weighted by molar-refractivity contribution is 6.31. The standard InChI is InChI=1S/C22H26ClN5O3/c1-5-27(6-2)13-18-11-12-19(31-18)22(30)25-24-21(29)16-7-9-17(10-8-16)28-15(4)20(23)14(3)26-28/h7-12H,5-6,13H2,1-4H3,(H,24,29)(H,25,30). The summed E-state index contributed by atoms with van der Waals surface area (Å²) in [7, 11) is 0. The highest BCUT2D eigenvalue weighted by Crippen LogP contribution is 2.22. The monoisotopic (exact) mass is 443 g/mol. The van der Waals surface area contributed by atoms with E-state index in [1.165, 1.54) is 0 Å². The van der Waals surface area contributed by atoms with Gasteiger partial charge in [-0.15, -0.1) is 0 Å². The number of carbonyl (C=O) groups excluding carboxylic acids is 2. The molecular formula is C22H26ClN5O3. The van der Waals surface area contributed by atoms with E-state index in [2.05, 4.69) is 34.7 Å². The summed E-state index contributed by atoms with van der Waals surface area (Å²) in [6, 6.07) is 10.2. The molecule has 0 saturated carbocycles. The molecule has 0 bridgehead atoms. The number of benzene rings is 1. The third-order valence-electron chi connectivity index (χ3n) is 5.03. The molecule has 3 aromatic rings. The number of amides is 2. The first-order chi connectivity index (χ1) is 14.8. The number of halogens is 1. The Kier molecular flexibility index (Phi) is 7.14. The number of aryl methyl sites for hydroxylation is 1. The average molecular weight is 444 g/mol. The van der Waals surface area contributed by atoms with Crippen LogP contribution in [0.5, 0.6) is 0 Å². The number of nitrogens with one attached hydrogen (secondary N) is 2. The van der Waals surface area contributed by atoms with Crippen LogP contribution < -0.4 is 10.9 Å². The lowest BCUT2D eigenvalue weighted by Crippen LogP contribution is -2.41. The predicted octanol–water partition coefficient (Wildman–Crippen LogP) is 3.65. The molecule has 2 N–H and O–H groups in total. The molecule has 0 aliphatic carbocycles. The molecule has 2 amide bonds. The minimum Gasteiger partial charge on any atom is -0.454 e. The first-order valence-corrected chi connectivity index (χ1v) is 10.5. The number of nitrogens with zero attached hydrogens (tertiary/aromatic N) is 3. The maximum Gasteiger partial charge on any atom is 0.305 e. The van der Waals surface area contributed by atoms with Gasteiger partial charge >= 0.3 is 5.91 Å². The van der Waals surface area contributed by atoms with Crippen molar-refractivity contribution in [3.8, 4) is 5.69 Å². The van der Waals surface area contributed by atoms with E-state index in [1.54, 1.807) is 41.1 Å². The summed E-state index contributed by atoms with van der Waals surface area (Å²) in [5, 5.41) is 5.01. The summed E-state index contributed by atoms with van der Waals surface area (Å²) >= 11 is 6.19. The molecule has 31 heavy (non-hydrogen) atoms. The van der Waals surface area contributed by atoms with Crippen LogP contribution in [0.4, 0.5) is 0 Å². The lowest BCUT2D eigenvalue weighted by Gasteiger charge is -2.15. The summed E-state index contributed by atoms with van der Waals surface area (Å²) < 4.78 is 7.30. The van der Waals surface area contributed by atoms with Crippen molar-refractivity contribution in [3.63, 3.8) is 0 Å². The second-order valence-corrected chi connectivity index (χ2v) is 7.46. The number of hydrogen-bond donors (Lipinski definition) is 2. The fraction of sp³-hybridized carbons (Fsp3) is 0.318. The minimum atomic E-state index is -0.520. The molecule has 9 heteroatoms. The van der Waals surface area contributed by atoms with E-state index in [0.29, 0.717) is 22.9 Å². The van der Waals surface area contributed by atoms with Gasteiger partial charge in [0.15, 0.2) is 5.76 Å². The van der Waals surface area contributed by atoms with Crippen LogP contribution in [0.3, 0.4) is 0 Å². The molecule has 2 heterocycles. The second-order valence-electron chi connectivity index (χ2n) is 7.08. The number of hydrogen-bond acceptors (Lipinski definition) is 5. The summed E-state index contributed by atoms with van der Waals surface area (Å²) in [6.07, 6.45) is 0. The molecule has 8 nitrogen and oxygen atoms in total. The maximum atomic E-state index is 12.4. The molecule has 0 saturated heterocycles. The average Bonchev–Trinajstić information content (AvgIpc) is 3.36. The van der Waals surface area contributed by atoms with Crippen LogP contribution in [0, 0.1) is 13.8 Å². The molecule has 2 aromatic heterocycles. The molecule has 0 fully saturated rings. The van der Waals surface area contributed by atoms with Gasteiger partial charge in [-0.25, -0.2) is 4.68 Å². The number of rotatable bonds is 7. The first kappa shape index (κ1) is 22.6. The third-order valence-corrected chi connectivity index (χ3v) is 5.57. The smallest absolute Gasteiger partial charge is 0.305 e. The van der Waals surface area contributed by atoms with E-state index < -0.39 is 11.8 Å². The lowest BCUT2D eigenvalue weighted by atomic mass is 10.2. The molecule has 0 spiro atoms. The van der Waals surface area contributed by atoms with Crippen LogP contribution in [-0.2, 0) is 6.54 Å². The largest absolute Gasteiger partial charge is 0.454 e. The Bertz CT molecular complexity index is 1070. The minimum absolute atomic E-state index is 0.138. The van der Waals surface area contributed by atoms with Crippen LogP contribution in [0.2, 0.25) is 5.02 Å². The number of carbonyl (C=O) groups is 2. The SMILES string of the molecule is CCN(CC)Cc1ccc(C(=O)NNC(=O)c2ccc(-n3nc(C)c(Cl)c3C)cc2)o1. The zero-order chi connectivity index (χ0) is 22.5. The lowest BCUT2D eigenvalue weighted by molar-refractivity contribution is 0.0829. The molecular weight excluding hydrogens is 418 g/mol. The summed E-state index contributed by atoms with van der Waals surface area (Å²) in [4.78, 5) is 26.8. The highest BCUT2D eigenvalue weighted by Gasteiger charge is 2.15.